The molecule has 0 unspecified atom stereocenters. The van der Waals surface area contributed by atoms with Crippen LogP contribution in [0.3, 0.4) is 0 Å². The zero-order valence-corrected chi connectivity index (χ0v) is 12.3. The average Bonchev–Trinajstić information content (AvgIpc) is 2.40. The molecule has 0 bridgehead atoms. The van der Waals surface area contributed by atoms with Gasteiger partial charge in [-0.05, 0) is 48.4 Å². The molecule has 2 aromatic rings. The Balaban J connectivity index is 2.10. The molecule has 2 N–H and O–H groups in total. The van der Waals surface area contributed by atoms with Gasteiger partial charge in [0.2, 0.25) is 0 Å². The van der Waals surface area contributed by atoms with Crippen molar-refractivity contribution in [3.05, 3.63) is 53.6 Å². The van der Waals surface area contributed by atoms with Gasteiger partial charge in [-0.1, -0.05) is 12.1 Å². The Hall–Kier alpha value is -2.01. The molecule has 0 saturated heterocycles. The van der Waals surface area contributed by atoms with E-state index in [-0.39, 0.29) is 4.90 Å². The minimum atomic E-state index is -3.17. The van der Waals surface area contributed by atoms with E-state index in [4.69, 9.17) is 10.5 Å². The minimum absolute atomic E-state index is 0.282. The van der Waals surface area contributed by atoms with Gasteiger partial charge in [0, 0.05) is 11.9 Å². The van der Waals surface area contributed by atoms with Gasteiger partial charge < -0.3 is 10.5 Å². The van der Waals surface area contributed by atoms with Crippen LogP contribution in [-0.4, -0.2) is 14.7 Å². The van der Waals surface area contributed by atoms with E-state index < -0.39 is 9.84 Å². The molecule has 0 aliphatic heterocycles. The molecule has 106 valence electrons. The maximum Gasteiger partial charge on any atom is 0.175 e. The number of nitrogens with two attached hydrogens (primary N) is 1. The summed E-state index contributed by atoms with van der Waals surface area (Å²) in [7, 11) is -3.17. The molecule has 0 radical (unpaired) electrons. The van der Waals surface area contributed by atoms with Crippen molar-refractivity contribution in [3.63, 3.8) is 0 Å². The Morgan fingerprint density at radius 2 is 1.75 bits per heavy atom. The molecule has 0 aromatic heterocycles. The molecule has 2 rings (SSSR count). The van der Waals surface area contributed by atoms with Crippen LogP contribution in [0, 0.1) is 6.92 Å². The third kappa shape index (κ3) is 3.30. The van der Waals surface area contributed by atoms with E-state index in [1.807, 2.05) is 25.1 Å². The summed E-state index contributed by atoms with van der Waals surface area (Å²) in [5, 5.41) is 0. The zero-order chi connectivity index (χ0) is 14.8. The second kappa shape index (κ2) is 5.54. The highest BCUT2D eigenvalue weighted by Gasteiger charge is 2.07. The van der Waals surface area contributed by atoms with E-state index in [1.54, 1.807) is 12.1 Å². The van der Waals surface area contributed by atoms with E-state index in [9.17, 15) is 8.42 Å². The van der Waals surface area contributed by atoms with Gasteiger partial charge in [0.05, 0.1) is 4.90 Å². The topological polar surface area (TPSA) is 69.4 Å². The van der Waals surface area contributed by atoms with Crippen molar-refractivity contribution >= 4 is 15.5 Å². The van der Waals surface area contributed by atoms with Gasteiger partial charge in [-0.2, -0.15) is 0 Å². The number of anilines is 1. The fraction of sp³-hybridized carbons (Fsp3) is 0.200. The lowest BCUT2D eigenvalue weighted by Crippen LogP contribution is -2.01. The van der Waals surface area contributed by atoms with Crippen molar-refractivity contribution in [1.29, 1.82) is 0 Å². The van der Waals surface area contributed by atoms with Crippen LogP contribution in [0.4, 0.5) is 5.69 Å². The standard InChI is InChI=1S/C15H17NO3S/c1-11-12(4-3-5-15(11)16)10-19-13-6-8-14(9-7-13)20(2,17)18/h3-9H,10,16H2,1-2H3. The predicted molar refractivity (Wildman–Crippen MR) is 79.5 cm³/mol. The highest BCUT2D eigenvalue weighted by Crippen LogP contribution is 2.20. The summed E-state index contributed by atoms with van der Waals surface area (Å²) in [6.07, 6.45) is 1.18. The Morgan fingerprint density at radius 1 is 1.10 bits per heavy atom. The van der Waals surface area contributed by atoms with Crippen LogP contribution in [-0.2, 0) is 16.4 Å². The van der Waals surface area contributed by atoms with Gasteiger partial charge in [0.1, 0.15) is 12.4 Å². The molecular weight excluding hydrogens is 274 g/mol. The summed E-state index contributed by atoms with van der Waals surface area (Å²) in [5.74, 6) is 0.624. The number of ether oxygens (including phenoxy) is 1. The number of benzene rings is 2. The van der Waals surface area contributed by atoms with E-state index in [0.717, 1.165) is 16.8 Å². The molecule has 20 heavy (non-hydrogen) atoms. The van der Waals surface area contributed by atoms with E-state index in [1.165, 1.54) is 18.4 Å². The molecule has 0 aliphatic carbocycles. The summed E-state index contributed by atoms with van der Waals surface area (Å²) in [6, 6.07) is 12.1. The lowest BCUT2D eigenvalue weighted by atomic mass is 10.1. The molecule has 0 atom stereocenters. The number of sulfone groups is 1. The number of nitrogen functional groups attached to an aromatic ring is 1. The second-order valence-electron chi connectivity index (χ2n) is 4.66. The molecule has 5 heteroatoms. The Bertz CT molecular complexity index is 706. The minimum Gasteiger partial charge on any atom is -0.489 e. The van der Waals surface area contributed by atoms with E-state index >= 15 is 0 Å². The van der Waals surface area contributed by atoms with Gasteiger partial charge in [-0.25, -0.2) is 8.42 Å². The van der Waals surface area contributed by atoms with E-state index in [0.29, 0.717) is 12.4 Å². The van der Waals surface area contributed by atoms with Crippen LogP contribution >= 0.6 is 0 Å². The summed E-state index contributed by atoms with van der Waals surface area (Å²) in [5.41, 5.74) is 8.58. The molecule has 0 saturated carbocycles. The SMILES string of the molecule is Cc1c(N)cccc1COc1ccc(S(C)(=O)=O)cc1. The first-order chi connectivity index (χ1) is 9.38. The van der Waals surface area contributed by atoms with Gasteiger partial charge in [0.15, 0.2) is 9.84 Å². The number of rotatable bonds is 4. The van der Waals surface area contributed by atoms with Crippen LogP contribution in [0.5, 0.6) is 5.75 Å². The summed E-state index contributed by atoms with van der Waals surface area (Å²) in [4.78, 5) is 0.282. The molecule has 0 fully saturated rings. The van der Waals surface area contributed by atoms with Gasteiger partial charge in [-0.3, -0.25) is 0 Å². The molecule has 4 nitrogen and oxygen atoms in total. The first kappa shape index (κ1) is 14.4. The largest absolute Gasteiger partial charge is 0.489 e. The lowest BCUT2D eigenvalue weighted by molar-refractivity contribution is 0.305. The van der Waals surface area contributed by atoms with Crippen LogP contribution in [0.15, 0.2) is 47.4 Å². The maximum atomic E-state index is 11.4. The van der Waals surface area contributed by atoms with Crippen LogP contribution < -0.4 is 10.5 Å². The summed E-state index contributed by atoms with van der Waals surface area (Å²) in [6.45, 7) is 2.34. The van der Waals surface area contributed by atoms with Crippen LogP contribution in [0.1, 0.15) is 11.1 Å². The molecule has 0 heterocycles. The Kier molecular flexibility index (Phi) is 3.99. The summed E-state index contributed by atoms with van der Waals surface area (Å²) < 4.78 is 28.3. The maximum absolute atomic E-state index is 11.4. The Morgan fingerprint density at radius 3 is 2.35 bits per heavy atom. The highest BCUT2D eigenvalue weighted by molar-refractivity contribution is 7.90. The van der Waals surface area contributed by atoms with Crippen LogP contribution in [0.25, 0.3) is 0 Å². The third-order valence-corrected chi connectivity index (χ3v) is 4.26. The third-order valence-electron chi connectivity index (χ3n) is 3.13. The van der Waals surface area contributed by atoms with Crippen molar-refractivity contribution in [2.45, 2.75) is 18.4 Å². The normalized spacial score (nSPS) is 11.3. The van der Waals surface area contributed by atoms with Crippen molar-refractivity contribution in [2.24, 2.45) is 0 Å². The van der Waals surface area contributed by atoms with Gasteiger partial charge in [-0.15, -0.1) is 0 Å². The fourth-order valence-corrected chi connectivity index (χ4v) is 2.43. The van der Waals surface area contributed by atoms with E-state index in [2.05, 4.69) is 0 Å². The van der Waals surface area contributed by atoms with Crippen molar-refractivity contribution in [2.75, 3.05) is 12.0 Å². The monoisotopic (exact) mass is 291 g/mol. The first-order valence-corrected chi connectivity index (χ1v) is 8.04. The molecule has 0 aliphatic rings. The number of hydrogen-bond acceptors (Lipinski definition) is 4. The average molecular weight is 291 g/mol. The Labute approximate surface area is 119 Å². The number of hydrogen-bond donors (Lipinski definition) is 1. The smallest absolute Gasteiger partial charge is 0.175 e. The highest BCUT2D eigenvalue weighted by atomic mass is 32.2. The molecule has 2 aromatic carbocycles. The molecule has 0 amide bonds. The predicted octanol–water partition coefficient (Wildman–Crippen LogP) is 2.56. The van der Waals surface area contributed by atoms with Gasteiger partial charge >= 0.3 is 0 Å². The lowest BCUT2D eigenvalue weighted by Gasteiger charge is -2.10. The quantitative estimate of drug-likeness (QED) is 0.879. The second-order valence-corrected chi connectivity index (χ2v) is 6.68. The van der Waals surface area contributed by atoms with Crippen LogP contribution in [0.2, 0.25) is 0 Å². The van der Waals surface area contributed by atoms with Crippen molar-refractivity contribution < 1.29 is 13.2 Å². The van der Waals surface area contributed by atoms with Crippen molar-refractivity contribution in [1.82, 2.24) is 0 Å². The zero-order valence-electron chi connectivity index (χ0n) is 11.5. The summed E-state index contributed by atoms with van der Waals surface area (Å²) >= 11 is 0. The van der Waals surface area contributed by atoms with Gasteiger partial charge in [0.25, 0.3) is 0 Å². The van der Waals surface area contributed by atoms with Crippen molar-refractivity contribution in [3.8, 4) is 5.75 Å². The fourth-order valence-electron chi connectivity index (χ4n) is 1.80. The first-order valence-electron chi connectivity index (χ1n) is 6.15. The molecule has 0 spiro atoms. The molecular formula is C15H17NO3S.